The van der Waals surface area contributed by atoms with Crippen LogP contribution in [-0.2, 0) is 4.79 Å². The molecule has 2 atom stereocenters. The van der Waals surface area contributed by atoms with Gasteiger partial charge >= 0.3 is 0 Å². The van der Waals surface area contributed by atoms with Crippen molar-refractivity contribution in [2.24, 2.45) is 5.11 Å². The lowest BCUT2D eigenvalue weighted by atomic mass is 9.98. The van der Waals surface area contributed by atoms with E-state index in [1.807, 2.05) is 19.1 Å². The second kappa shape index (κ2) is 5.41. The summed E-state index contributed by atoms with van der Waals surface area (Å²) in [4.78, 5) is 25.9. The topological polar surface area (TPSA) is 107 Å². The molecule has 1 aromatic rings. The first-order valence-corrected chi connectivity index (χ1v) is 5.80. The zero-order chi connectivity index (χ0) is 13.8. The van der Waals surface area contributed by atoms with Crippen molar-refractivity contribution in [1.29, 1.82) is 0 Å². The van der Waals surface area contributed by atoms with Crippen molar-refractivity contribution >= 4 is 11.8 Å². The molecule has 19 heavy (non-hydrogen) atoms. The van der Waals surface area contributed by atoms with Gasteiger partial charge in [-0.3, -0.25) is 9.59 Å². The Morgan fingerprint density at radius 1 is 1.47 bits per heavy atom. The second-order valence-electron chi connectivity index (χ2n) is 4.35. The van der Waals surface area contributed by atoms with E-state index in [2.05, 4.69) is 20.7 Å². The summed E-state index contributed by atoms with van der Waals surface area (Å²) in [5.41, 5.74) is 9.78. The summed E-state index contributed by atoms with van der Waals surface area (Å²) in [5, 5.41) is 8.59. The van der Waals surface area contributed by atoms with Crippen LogP contribution in [0.3, 0.4) is 0 Å². The lowest BCUT2D eigenvalue weighted by molar-refractivity contribution is -0.131. The fourth-order valence-electron chi connectivity index (χ4n) is 1.81. The molecule has 1 heterocycles. The minimum atomic E-state index is -0.640. The molecular weight excluding hydrogens is 246 g/mol. The number of amides is 2. The SMILES string of the molecule is Cc1ccc(C(=O)N[C@H]2C(=O)N[C@H]2CN=[N+]=[N-])cc1. The van der Waals surface area contributed by atoms with E-state index in [4.69, 9.17) is 5.53 Å². The number of hydrogen-bond acceptors (Lipinski definition) is 3. The van der Waals surface area contributed by atoms with Crippen LogP contribution in [0.5, 0.6) is 0 Å². The fraction of sp³-hybridized carbons (Fsp3) is 0.333. The number of nitrogens with zero attached hydrogens (tertiary/aromatic N) is 3. The molecule has 0 unspecified atom stereocenters. The lowest BCUT2D eigenvalue weighted by Gasteiger charge is -2.36. The lowest BCUT2D eigenvalue weighted by Crippen LogP contribution is -2.70. The fourth-order valence-corrected chi connectivity index (χ4v) is 1.81. The summed E-state index contributed by atoms with van der Waals surface area (Å²) in [7, 11) is 0. The Balaban J connectivity index is 1.99. The highest BCUT2D eigenvalue weighted by molar-refractivity contribution is 5.99. The van der Waals surface area contributed by atoms with Gasteiger partial charge in [-0.15, -0.1) is 0 Å². The van der Waals surface area contributed by atoms with Gasteiger partial charge in [0.15, 0.2) is 0 Å². The average molecular weight is 259 g/mol. The highest BCUT2D eigenvalue weighted by Crippen LogP contribution is 2.09. The van der Waals surface area contributed by atoms with E-state index in [1.165, 1.54) is 0 Å². The first kappa shape index (κ1) is 12.9. The van der Waals surface area contributed by atoms with Crippen LogP contribution < -0.4 is 10.6 Å². The second-order valence-corrected chi connectivity index (χ2v) is 4.35. The number of aryl methyl sites for hydroxylation is 1. The van der Waals surface area contributed by atoms with Gasteiger partial charge in [-0.05, 0) is 24.6 Å². The van der Waals surface area contributed by atoms with E-state index in [1.54, 1.807) is 12.1 Å². The van der Waals surface area contributed by atoms with E-state index in [0.717, 1.165) is 5.56 Å². The van der Waals surface area contributed by atoms with Crippen molar-refractivity contribution in [1.82, 2.24) is 10.6 Å². The molecule has 98 valence electrons. The monoisotopic (exact) mass is 259 g/mol. The molecule has 0 radical (unpaired) electrons. The molecule has 7 nitrogen and oxygen atoms in total. The molecule has 0 bridgehead atoms. The smallest absolute Gasteiger partial charge is 0.251 e. The minimum absolute atomic E-state index is 0.126. The van der Waals surface area contributed by atoms with Gasteiger partial charge in [0.2, 0.25) is 5.91 Å². The van der Waals surface area contributed by atoms with Gasteiger partial charge in [-0.1, -0.05) is 22.8 Å². The van der Waals surface area contributed by atoms with Crippen LogP contribution in [0, 0.1) is 6.92 Å². The number of benzene rings is 1. The standard InChI is InChI=1S/C12H13N5O2/c1-7-2-4-8(5-3-7)11(18)16-10-9(6-14-17-13)15-12(10)19/h2-5,9-10H,6H2,1H3,(H,15,19)(H,16,18)/t9-,10+/m0/s1. The maximum absolute atomic E-state index is 11.9. The summed E-state index contributed by atoms with van der Waals surface area (Å²) in [6.45, 7) is 2.05. The van der Waals surface area contributed by atoms with Gasteiger partial charge in [-0.2, -0.15) is 0 Å². The van der Waals surface area contributed by atoms with Crippen molar-refractivity contribution in [3.63, 3.8) is 0 Å². The molecule has 1 saturated heterocycles. The van der Waals surface area contributed by atoms with Crippen LogP contribution in [0.2, 0.25) is 0 Å². The van der Waals surface area contributed by atoms with Crippen molar-refractivity contribution in [2.45, 2.75) is 19.0 Å². The zero-order valence-corrected chi connectivity index (χ0v) is 10.3. The van der Waals surface area contributed by atoms with Crippen molar-refractivity contribution < 1.29 is 9.59 Å². The van der Waals surface area contributed by atoms with Gasteiger partial charge in [0.1, 0.15) is 6.04 Å². The van der Waals surface area contributed by atoms with Crippen molar-refractivity contribution in [3.8, 4) is 0 Å². The van der Waals surface area contributed by atoms with E-state index in [0.29, 0.717) is 5.56 Å². The molecule has 0 saturated carbocycles. The molecule has 2 N–H and O–H groups in total. The Labute approximate surface area is 109 Å². The Morgan fingerprint density at radius 2 is 2.16 bits per heavy atom. The first-order chi connectivity index (χ1) is 9.11. The molecule has 0 aliphatic carbocycles. The largest absolute Gasteiger partial charge is 0.349 e. The molecule has 2 rings (SSSR count). The third-order valence-electron chi connectivity index (χ3n) is 2.95. The van der Waals surface area contributed by atoms with Crippen LogP contribution in [0.15, 0.2) is 29.4 Å². The Morgan fingerprint density at radius 3 is 2.74 bits per heavy atom. The van der Waals surface area contributed by atoms with E-state index < -0.39 is 6.04 Å². The van der Waals surface area contributed by atoms with E-state index in [-0.39, 0.29) is 24.4 Å². The summed E-state index contributed by atoms with van der Waals surface area (Å²) < 4.78 is 0. The number of rotatable bonds is 4. The minimum Gasteiger partial charge on any atom is -0.349 e. The summed E-state index contributed by atoms with van der Waals surface area (Å²) in [5.74, 6) is -0.579. The van der Waals surface area contributed by atoms with Crippen LogP contribution in [0.1, 0.15) is 15.9 Å². The van der Waals surface area contributed by atoms with Crippen LogP contribution in [0.4, 0.5) is 0 Å². The molecule has 1 aromatic carbocycles. The first-order valence-electron chi connectivity index (χ1n) is 5.80. The number of carbonyl (C=O) groups excluding carboxylic acids is 2. The molecule has 1 aliphatic rings. The normalized spacial score (nSPS) is 20.8. The number of nitrogens with one attached hydrogen (secondary N) is 2. The summed E-state index contributed by atoms with van der Waals surface area (Å²) in [6.07, 6.45) is 0. The molecule has 1 fully saturated rings. The Bertz CT molecular complexity index is 548. The van der Waals surface area contributed by atoms with Crippen LogP contribution in [0.25, 0.3) is 10.4 Å². The molecule has 1 aliphatic heterocycles. The van der Waals surface area contributed by atoms with E-state index in [9.17, 15) is 9.59 Å². The predicted octanol–water partition coefficient (Wildman–Crippen LogP) is 0.902. The Kier molecular flexibility index (Phi) is 3.68. The van der Waals surface area contributed by atoms with Crippen molar-refractivity contribution in [2.75, 3.05) is 6.54 Å². The van der Waals surface area contributed by atoms with Gasteiger partial charge in [0.25, 0.3) is 5.91 Å². The molecule has 0 spiro atoms. The predicted molar refractivity (Wildman–Crippen MR) is 68.4 cm³/mol. The third kappa shape index (κ3) is 2.83. The quantitative estimate of drug-likeness (QED) is 0.363. The third-order valence-corrected chi connectivity index (χ3v) is 2.95. The highest BCUT2D eigenvalue weighted by Gasteiger charge is 2.39. The molecule has 0 aromatic heterocycles. The van der Waals surface area contributed by atoms with Crippen LogP contribution in [-0.4, -0.2) is 30.4 Å². The molecule has 2 amide bonds. The maximum atomic E-state index is 11.9. The highest BCUT2D eigenvalue weighted by atomic mass is 16.2. The van der Waals surface area contributed by atoms with Gasteiger partial charge in [0.05, 0.1) is 6.04 Å². The average Bonchev–Trinajstić information content (AvgIpc) is 2.41. The van der Waals surface area contributed by atoms with E-state index >= 15 is 0 Å². The number of hydrogen-bond donors (Lipinski definition) is 2. The Hall–Kier alpha value is -2.53. The van der Waals surface area contributed by atoms with Crippen LogP contribution >= 0.6 is 0 Å². The number of azide groups is 1. The number of β-lactam (4-membered cyclic amide) rings is 1. The number of carbonyl (C=O) groups is 2. The summed E-state index contributed by atoms with van der Waals surface area (Å²) in [6, 6.07) is 6.07. The molecule has 7 heteroatoms. The zero-order valence-electron chi connectivity index (χ0n) is 10.3. The van der Waals surface area contributed by atoms with Gasteiger partial charge < -0.3 is 10.6 Å². The van der Waals surface area contributed by atoms with Gasteiger partial charge in [0, 0.05) is 17.0 Å². The summed E-state index contributed by atoms with van der Waals surface area (Å²) >= 11 is 0. The van der Waals surface area contributed by atoms with Gasteiger partial charge in [-0.25, -0.2) is 0 Å². The maximum Gasteiger partial charge on any atom is 0.251 e. The van der Waals surface area contributed by atoms with Crippen molar-refractivity contribution in [3.05, 3.63) is 45.8 Å². The molecular formula is C12H13N5O2.